The Morgan fingerprint density at radius 2 is 2.07 bits per heavy atom. The maximum atomic E-state index is 6.10. The van der Waals surface area contributed by atoms with Gasteiger partial charge < -0.3 is 10.2 Å². The molecule has 2 N–H and O–H groups in total. The van der Waals surface area contributed by atoms with Crippen LogP contribution in [0.3, 0.4) is 0 Å². The van der Waals surface area contributed by atoms with Crippen LogP contribution in [0.25, 0.3) is 0 Å². The lowest BCUT2D eigenvalue weighted by atomic mass is 10.1. The molecule has 0 fully saturated rings. The van der Waals surface area contributed by atoms with Crippen LogP contribution in [0.15, 0.2) is 40.8 Å². The normalized spacial score (nSPS) is 12.7. The van der Waals surface area contributed by atoms with Gasteiger partial charge in [0, 0.05) is 3.57 Å². The van der Waals surface area contributed by atoms with Gasteiger partial charge >= 0.3 is 0 Å². The van der Waals surface area contributed by atoms with E-state index in [2.05, 4.69) is 28.7 Å². The first kappa shape index (κ1) is 10.7. The van der Waals surface area contributed by atoms with Crippen LogP contribution in [0.2, 0.25) is 0 Å². The Hall–Kier alpha value is -0.810. The lowest BCUT2D eigenvalue weighted by Gasteiger charge is -2.09. The lowest BCUT2D eigenvalue weighted by molar-refractivity contribution is 0.466. The molecular weight excluding hydrogens is 301 g/mol. The van der Waals surface area contributed by atoms with Crippen molar-refractivity contribution in [3.05, 3.63) is 57.1 Å². The number of nitrogens with two attached hydrogens (primary N) is 1. The topological polar surface area (TPSA) is 39.2 Å². The molecule has 78 valence electrons. The molecule has 3 heteroatoms. The van der Waals surface area contributed by atoms with Gasteiger partial charge in [0.2, 0.25) is 0 Å². The van der Waals surface area contributed by atoms with E-state index < -0.39 is 0 Å². The third kappa shape index (κ3) is 2.41. The Bertz CT molecular complexity index is 464. The zero-order chi connectivity index (χ0) is 10.8. The van der Waals surface area contributed by atoms with E-state index in [1.807, 2.05) is 37.3 Å². The Morgan fingerprint density at radius 3 is 2.67 bits per heavy atom. The number of rotatable bonds is 2. The Balaban J connectivity index is 2.32. The molecule has 0 radical (unpaired) electrons. The molecule has 2 rings (SSSR count). The molecule has 0 bridgehead atoms. The summed E-state index contributed by atoms with van der Waals surface area (Å²) in [5.74, 6) is 1.71. The Morgan fingerprint density at radius 1 is 1.27 bits per heavy atom. The van der Waals surface area contributed by atoms with Crippen molar-refractivity contribution in [3.8, 4) is 0 Å². The van der Waals surface area contributed by atoms with Gasteiger partial charge in [0.25, 0.3) is 0 Å². The highest BCUT2D eigenvalue weighted by Crippen LogP contribution is 2.22. The average Bonchev–Trinajstić information content (AvgIpc) is 2.64. The van der Waals surface area contributed by atoms with Crippen molar-refractivity contribution in [1.82, 2.24) is 0 Å². The summed E-state index contributed by atoms with van der Waals surface area (Å²) in [7, 11) is 0. The van der Waals surface area contributed by atoms with E-state index in [9.17, 15) is 0 Å². The molecule has 0 aliphatic rings. The van der Waals surface area contributed by atoms with Gasteiger partial charge in [-0.3, -0.25) is 0 Å². The first-order chi connectivity index (χ1) is 7.16. The van der Waals surface area contributed by atoms with Crippen LogP contribution < -0.4 is 5.73 Å². The van der Waals surface area contributed by atoms with Crippen molar-refractivity contribution in [2.45, 2.75) is 13.0 Å². The van der Waals surface area contributed by atoms with E-state index >= 15 is 0 Å². The highest BCUT2D eigenvalue weighted by molar-refractivity contribution is 14.1. The van der Waals surface area contributed by atoms with Crippen LogP contribution >= 0.6 is 22.6 Å². The van der Waals surface area contributed by atoms with E-state index in [-0.39, 0.29) is 6.04 Å². The predicted molar refractivity (Wildman–Crippen MR) is 68.6 cm³/mol. The smallest absolute Gasteiger partial charge is 0.125 e. The second-order valence-corrected chi connectivity index (χ2v) is 4.73. The van der Waals surface area contributed by atoms with Crippen LogP contribution in [-0.2, 0) is 0 Å². The fourth-order valence-electron chi connectivity index (χ4n) is 1.48. The van der Waals surface area contributed by atoms with Gasteiger partial charge in [0.1, 0.15) is 11.5 Å². The lowest BCUT2D eigenvalue weighted by Crippen LogP contribution is -2.10. The summed E-state index contributed by atoms with van der Waals surface area (Å²) >= 11 is 2.28. The minimum Gasteiger partial charge on any atom is -0.464 e. The average molecular weight is 313 g/mol. The van der Waals surface area contributed by atoms with Crippen molar-refractivity contribution < 1.29 is 4.42 Å². The number of furan rings is 1. The third-order valence-electron chi connectivity index (χ3n) is 2.28. The molecule has 0 amide bonds. The first-order valence-electron chi connectivity index (χ1n) is 4.74. The number of halogens is 1. The van der Waals surface area contributed by atoms with Gasteiger partial charge in [-0.15, -0.1) is 0 Å². The number of hydrogen-bond donors (Lipinski definition) is 1. The van der Waals surface area contributed by atoms with Gasteiger partial charge in [0.15, 0.2) is 0 Å². The van der Waals surface area contributed by atoms with Crippen molar-refractivity contribution in [2.24, 2.45) is 5.73 Å². The highest BCUT2D eigenvalue weighted by atomic mass is 127. The second kappa shape index (κ2) is 4.37. The van der Waals surface area contributed by atoms with Crippen LogP contribution in [0.5, 0.6) is 0 Å². The summed E-state index contributed by atoms with van der Waals surface area (Å²) in [5.41, 5.74) is 7.18. The number of aryl methyl sites for hydroxylation is 1. The fourth-order valence-corrected chi connectivity index (χ4v) is 2.05. The molecule has 0 aliphatic heterocycles. The molecule has 1 atom stereocenters. The zero-order valence-electron chi connectivity index (χ0n) is 8.41. The molecule has 1 unspecified atom stereocenters. The molecule has 0 saturated carbocycles. The predicted octanol–water partition coefficient (Wildman–Crippen LogP) is 3.24. The van der Waals surface area contributed by atoms with Gasteiger partial charge in [-0.25, -0.2) is 0 Å². The van der Waals surface area contributed by atoms with Crippen molar-refractivity contribution in [2.75, 3.05) is 0 Å². The number of hydrogen-bond acceptors (Lipinski definition) is 2. The minimum atomic E-state index is -0.173. The summed E-state index contributed by atoms with van der Waals surface area (Å²) in [5, 5.41) is 0. The summed E-state index contributed by atoms with van der Waals surface area (Å²) in [6.45, 7) is 1.92. The molecule has 2 aromatic rings. The summed E-state index contributed by atoms with van der Waals surface area (Å²) in [6, 6.07) is 11.8. The maximum absolute atomic E-state index is 6.10. The fraction of sp³-hybridized carbons (Fsp3) is 0.167. The monoisotopic (exact) mass is 313 g/mol. The van der Waals surface area contributed by atoms with Gasteiger partial charge in [0.05, 0.1) is 6.04 Å². The standard InChI is InChI=1S/C12H12INO/c1-8-5-6-11(15-8)12(14)9-3-2-4-10(13)7-9/h2-7,12H,14H2,1H3. The zero-order valence-corrected chi connectivity index (χ0v) is 10.6. The van der Waals surface area contributed by atoms with Crippen LogP contribution in [0.1, 0.15) is 23.1 Å². The Labute approximate surface area is 103 Å². The van der Waals surface area contributed by atoms with E-state index in [0.717, 1.165) is 17.1 Å². The SMILES string of the molecule is Cc1ccc(C(N)c2cccc(I)c2)o1. The van der Waals surface area contributed by atoms with Gasteiger partial charge in [-0.2, -0.15) is 0 Å². The minimum absolute atomic E-state index is 0.173. The molecule has 1 aromatic heterocycles. The van der Waals surface area contributed by atoms with Gasteiger partial charge in [-0.1, -0.05) is 12.1 Å². The largest absolute Gasteiger partial charge is 0.464 e. The highest BCUT2D eigenvalue weighted by Gasteiger charge is 2.12. The van der Waals surface area contributed by atoms with Crippen molar-refractivity contribution in [3.63, 3.8) is 0 Å². The molecule has 1 heterocycles. The van der Waals surface area contributed by atoms with E-state index in [1.54, 1.807) is 0 Å². The maximum Gasteiger partial charge on any atom is 0.125 e. The van der Waals surface area contributed by atoms with E-state index in [0.29, 0.717) is 0 Å². The van der Waals surface area contributed by atoms with Gasteiger partial charge in [-0.05, 0) is 59.3 Å². The van der Waals surface area contributed by atoms with Crippen LogP contribution in [0.4, 0.5) is 0 Å². The van der Waals surface area contributed by atoms with E-state index in [4.69, 9.17) is 10.2 Å². The van der Waals surface area contributed by atoms with Crippen molar-refractivity contribution in [1.29, 1.82) is 0 Å². The summed E-state index contributed by atoms with van der Waals surface area (Å²) in [6.07, 6.45) is 0. The molecule has 2 nitrogen and oxygen atoms in total. The molecule has 15 heavy (non-hydrogen) atoms. The van der Waals surface area contributed by atoms with Crippen LogP contribution in [0, 0.1) is 10.5 Å². The third-order valence-corrected chi connectivity index (χ3v) is 2.95. The molecule has 0 spiro atoms. The molecular formula is C12H12INO. The quantitative estimate of drug-likeness (QED) is 0.865. The molecule has 1 aromatic carbocycles. The summed E-state index contributed by atoms with van der Waals surface area (Å²) < 4.78 is 6.70. The van der Waals surface area contributed by atoms with Crippen molar-refractivity contribution >= 4 is 22.6 Å². The summed E-state index contributed by atoms with van der Waals surface area (Å²) in [4.78, 5) is 0. The number of benzene rings is 1. The molecule has 0 aliphatic carbocycles. The second-order valence-electron chi connectivity index (χ2n) is 3.48. The molecule has 0 saturated heterocycles. The van der Waals surface area contributed by atoms with E-state index in [1.165, 1.54) is 3.57 Å². The first-order valence-corrected chi connectivity index (χ1v) is 5.82. The van der Waals surface area contributed by atoms with Crippen LogP contribution in [-0.4, -0.2) is 0 Å². The Kier molecular flexibility index (Phi) is 3.11.